The lowest BCUT2D eigenvalue weighted by atomic mass is 10.0. The molecule has 39 heavy (non-hydrogen) atoms. The predicted molar refractivity (Wildman–Crippen MR) is 157 cm³/mol. The van der Waals surface area contributed by atoms with Crippen molar-refractivity contribution in [3.8, 4) is 11.1 Å². The molecule has 198 valence electrons. The van der Waals surface area contributed by atoms with Crippen LogP contribution in [-0.2, 0) is 4.74 Å². The summed E-state index contributed by atoms with van der Waals surface area (Å²) in [5.74, 6) is 1.12. The zero-order chi connectivity index (χ0) is 26.6. The van der Waals surface area contributed by atoms with E-state index in [0.717, 1.165) is 66.7 Å². The molecule has 1 saturated heterocycles. The van der Waals surface area contributed by atoms with Crippen molar-refractivity contribution in [1.82, 2.24) is 19.5 Å². The van der Waals surface area contributed by atoms with E-state index in [4.69, 9.17) is 14.8 Å². The Morgan fingerprint density at radius 2 is 1.36 bits per heavy atom. The summed E-state index contributed by atoms with van der Waals surface area (Å²) in [4.78, 5) is 9.84. The Balaban J connectivity index is 1.13. The van der Waals surface area contributed by atoms with Crippen LogP contribution in [0.2, 0.25) is 0 Å². The van der Waals surface area contributed by atoms with Crippen molar-refractivity contribution in [2.45, 2.75) is 20.0 Å². The SMILES string of the molecule is Cc1cc(N2CCN(CCOC(c3ccccc3)c3ccccc3)CC2)n2nc(C)c(-c3ccccc3)c2n1. The number of anilines is 1. The number of piperazine rings is 1. The highest BCUT2D eigenvalue weighted by molar-refractivity contribution is 5.81. The Morgan fingerprint density at radius 3 is 1.97 bits per heavy atom. The number of hydrogen-bond donors (Lipinski definition) is 0. The fourth-order valence-corrected chi connectivity index (χ4v) is 5.53. The molecule has 0 aliphatic carbocycles. The number of aromatic nitrogens is 3. The normalized spacial score (nSPS) is 14.4. The largest absolute Gasteiger partial charge is 0.367 e. The van der Waals surface area contributed by atoms with Gasteiger partial charge in [-0.15, -0.1) is 0 Å². The highest BCUT2D eigenvalue weighted by Crippen LogP contribution is 2.30. The van der Waals surface area contributed by atoms with Gasteiger partial charge in [0.1, 0.15) is 11.9 Å². The average Bonchev–Trinajstić information content (AvgIpc) is 3.32. The minimum Gasteiger partial charge on any atom is -0.367 e. The van der Waals surface area contributed by atoms with Crippen molar-refractivity contribution >= 4 is 11.5 Å². The van der Waals surface area contributed by atoms with Gasteiger partial charge < -0.3 is 9.64 Å². The number of hydrogen-bond acceptors (Lipinski definition) is 5. The first-order valence-electron chi connectivity index (χ1n) is 13.8. The fraction of sp³-hybridized carbons (Fsp3) is 0.273. The third-order valence-corrected chi connectivity index (χ3v) is 7.53. The van der Waals surface area contributed by atoms with Crippen molar-refractivity contribution in [2.24, 2.45) is 0 Å². The van der Waals surface area contributed by atoms with E-state index in [-0.39, 0.29) is 6.10 Å². The number of fused-ring (bicyclic) bond motifs is 1. The molecule has 1 aliphatic heterocycles. The van der Waals surface area contributed by atoms with Crippen LogP contribution in [0.4, 0.5) is 5.82 Å². The van der Waals surface area contributed by atoms with Gasteiger partial charge in [-0.3, -0.25) is 4.90 Å². The first-order valence-corrected chi connectivity index (χ1v) is 13.8. The summed E-state index contributed by atoms with van der Waals surface area (Å²) in [6, 6.07) is 33.6. The van der Waals surface area contributed by atoms with Gasteiger partial charge in [0.15, 0.2) is 5.65 Å². The molecule has 0 unspecified atom stereocenters. The molecule has 0 bridgehead atoms. The zero-order valence-electron chi connectivity index (χ0n) is 22.7. The topological polar surface area (TPSA) is 45.9 Å². The smallest absolute Gasteiger partial charge is 0.165 e. The van der Waals surface area contributed by atoms with E-state index < -0.39 is 0 Å². The van der Waals surface area contributed by atoms with Crippen LogP contribution in [0.15, 0.2) is 97.1 Å². The highest BCUT2D eigenvalue weighted by atomic mass is 16.5. The van der Waals surface area contributed by atoms with Crippen LogP contribution in [0.5, 0.6) is 0 Å². The summed E-state index contributed by atoms with van der Waals surface area (Å²) in [5, 5.41) is 4.93. The van der Waals surface area contributed by atoms with Gasteiger partial charge in [0.05, 0.1) is 12.3 Å². The lowest BCUT2D eigenvalue weighted by Crippen LogP contribution is -2.48. The Labute approximate surface area is 230 Å². The second-order valence-corrected chi connectivity index (χ2v) is 10.2. The summed E-state index contributed by atoms with van der Waals surface area (Å²) in [7, 11) is 0. The zero-order valence-corrected chi connectivity index (χ0v) is 22.7. The van der Waals surface area contributed by atoms with Gasteiger partial charge in [0, 0.05) is 50.0 Å². The maximum atomic E-state index is 6.48. The van der Waals surface area contributed by atoms with E-state index >= 15 is 0 Å². The highest BCUT2D eigenvalue weighted by Gasteiger charge is 2.23. The number of rotatable bonds is 8. The Kier molecular flexibility index (Phi) is 7.39. The van der Waals surface area contributed by atoms with Crippen LogP contribution in [-0.4, -0.2) is 58.8 Å². The molecule has 5 aromatic rings. The minimum absolute atomic E-state index is 0.0522. The van der Waals surface area contributed by atoms with Gasteiger partial charge in [-0.05, 0) is 30.5 Å². The molecule has 6 heteroatoms. The summed E-state index contributed by atoms with van der Waals surface area (Å²) in [5.41, 5.74) is 7.59. The molecule has 2 aromatic heterocycles. The lowest BCUT2D eigenvalue weighted by Gasteiger charge is -2.36. The Morgan fingerprint density at radius 1 is 0.769 bits per heavy atom. The third-order valence-electron chi connectivity index (χ3n) is 7.53. The van der Waals surface area contributed by atoms with E-state index in [9.17, 15) is 0 Å². The second-order valence-electron chi connectivity index (χ2n) is 10.2. The number of ether oxygens (including phenoxy) is 1. The first kappa shape index (κ1) is 25.3. The molecular formula is C33H35N5O. The van der Waals surface area contributed by atoms with E-state index in [0.29, 0.717) is 6.61 Å². The van der Waals surface area contributed by atoms with Crippen molar-refractivity contribution in [2.75, 3.05) is 44.2 Å². The molecule has 0 spiro atoms. The van der Waals surface area contributed by atoms with Gasteiger partial charge in [0.2, 0.25) is 0 Å². The van der Waals surface area contributed by atoms with E-state index in [1.807, 2.05) is 10.6 Å². The molecular weight excluding hydrogens is 482 g/mol. The first-order chi connectivity index (χ1) is 19.2. The molecule has 0 N–H and O–H groups in total. The quantitative estimate of drug-likeness (QED) is 0.255. The maximum absolute atomic E-state index is 6.48. The summed E-state index contributed by atoms with van der Waals surface area (Å²) in [6.45, 7) is 9.60. The van der Waals surface area contributed by atoms with Gasteiger partial charge in [-0.1, -0.05) is 91.0 Å². The maximum Gasteiger partial charge on any atom is 0.165 e. The molecule has 0 atom stereocenters. The van der Waals surface area contributed by atoms with Crippen molar-refractivity contribution < 1.29 is 4.74 Å². The summed E-state index contributed by atoms with van der Waals surface area (Å²) < 4.78 is 8.52. The molecule has 0 radical (unpaired) electrons. The fourth-order valence-electron chi connectivity index (χ4n) is 5.53. The molecule has 0 saturated carbocycles. The van der Waals surface area contributed by atoms with Crippen LogP contribution in [0.3, 0.4) is 0 Å². The molecule has 6 rings (SSSR count). The van der Waals surface area contributed by atoms with Gasteiger partial charge >= 0.3 is 0 Å². The summed E-state index contributed by atoms with van der Waals surface area (Å²) in [6.07, 6.45) is -0.0522. The lowest BCUT2D eigenvalue weighted by molar-refractivity contribution is 0.0586. The predicted octanol–water partition coefficient (Wildman–Crippen LogP) is 5.94. The van der Waals surface area contributed by atoms with Crippen molar-refractivity contribution in [3.05, 3.63) is 120 Å². The van der Waals surface area contributed by atoms with E-state index in [1.54, 1.807) is 0 Å². The molecule has 3 aromatic carbocycles. The molecule has 3 heterocycles. The van der Waals surface area contributed by atoms with Crippen LogP contribution in [0.25, 0.3) is 16.8 Å². The van der Waals surface area contributed by atoms with Gasteiger partial charge in [-0.25, -0.2) is 4.98 Å². The second kappa shape index (κ2) is 11.4. The van der Waals surface area contributed by atoms with E-state index in [1.165, 1.54) is 11.1 Å². The molecule has 1 fully saturated rings. The van der Waals surface area contributed by atoms with Crippen LogP contribution in [0, 0.1) is 13.8 Å². The van der Waals surface area contributed by atoms with E-state index in [2.05, 4.69) is 115 Å². The molecule has 1 aliphatic rings. The monoisotopic (exact) mass is 517 g/mol. The van der Waals surface area contributed by atoms with Gasteiger partial charge in [-0.2, -0.15) is 9.61 Å². The Hall–Kier alpha value is -4.00. The summed E-state index contributed by atoms with van der Waals surface area (Å²) >= 11 is 0. The molecule has 0 amide bonds. The minimum atomic E-state index is -0.0522. The van der Waals surface area contributed by atoms with Crippen LogP contribution >= 0.6 is 0 Å². The standard InChI is InChI=1S/C33H35N5O/c1-25-24-30(38-33(34-25)31(26(2)35-38)27-12-6-3-7-13-27)37-20-18-36(19-21-37)22-23-39-32(28-14-8-4-9-15-28)29-16-10-5-11-17-29/h3-17,24,32H,18-23H2,1-2H3. The Bertz CT molecular complexity index is 1470. The molecule has 6 nitrogen and oxygen atoms in total. The van der Waals surface area contributed by atoms with Crippen molar-refractivity contribution in [3.63, 3.8) is 0 Å². The van der Waals surface area contributed by atoms with Crippen LogP contribution in [0.1, 0.15) is 28.6 Å². The number of aryl methyl sites for hydroxylation is 2. The number of benzene rings is 3. The van der Waals surface area contributed by atoms with Gasteiger partial charge in [0.25, 0.3) is 0 Å². The van der Waals surface area contributed by atoms with Crippen molar-refractivity contribution in [1.29, 1.82) is 0 Å². The third kappa shape index (κ3) is 5.44. The number of nitrogens with zero attached hydrogens (tertiary/aromatic N) is 5. The van der Waals surface area contributed by atoms with Crippen LogP contribution < -0.4 is 4.90 Å². The average molecular weight is 518 g/mol.